The molecule has 0 atom stereocenters. The lowest BCUT2D eigenvalue weighted by molar-refractivity contribution is 0.0949. The Morgan fingerprint density at radius 1 is 1.12 bits per heavy atom. The number of hydrogen-bond donors (Lipinski definition) is 2. The highest BCUT2D eigenvalue weighted by Crippen LogP contribution is 2.19. The van der Waals surface area contributed by atoms with E-state index in [1.807, 2.05) is 38.1 Å². The molecule has 1 aliphatic carbocycles. The Kier molecular flexibility index (Phi) is 6.00. The first-order valence-electron chi connectivity index (χ1n) is 9.25. The van der Waals surface area contributed by atoms with Crippen LogP contribution < -0.4 is 10.6 Å². The molecule has 3 rings (SSSR count). The monoisotopic (exact) mass is 350 g/mol. The van der Waals surface area contributed by atoms with Crippen molar-refractivity contribution in [3.8, 4) is 0 Å². The maximum Gasteiger partial charge on any atom is 0.270 e. The van der Waals surface area contributed by atoms with Crippen LogP contribution in [-0.4, -0.2) is 22.4 Å². The molecule has 0 spiro atoms. The van der Waals surface area contributed by atoms with Gasteiger partial charge in [-0.15, -0.1) is 0 Å². The number of anilines is 2. The normalized spacial score (nSPS) is 13.8. The zero-order valence-corrected chi connectivity index (χ0v) is 15.5. The van der Waals surface area contributed by atoms with Gasteiger partial charge in [-0.2, -0.15) is 0 Å². The predicted octanol–water partition coefficient (Wildman–Crippen LogP) is 4.46. The lowest BCUT2D eigenvalue weighted by Gasteiger charge is -2.13. The number of nitrogens with zero attached hydrogens (tertiary/aromatic N) is 2. The molecule has 5 heteroatoms. The van der Waals surface area contributed by atoms with E-state index in [2.05, 4.69) is 26.7 Å². The van der Waals surface area contributed by atoms with Gasteiger partial charge in [0.1, 0.15) is 5.69 Å². The number of rotatable bonds is 6. The highest BCUT2D eigenvalue weighted by atomic mass is 16.1. The van der Waals surface area contributed by atoms with Gasteiger partial charge in [0.15, 0.2) is 0 Å². The number of hydrogen-bond acceptors (Lipinski definition) is 4. The molecule has 1 amide bonds. The van der Waals surface area contributed by atoms with Gasteiger partial charge in [0.25, 0.3) is 5.91 Å². The van der Waals surface area contributed by atoms with E-state index < -0.39 is 0 Å². The molecule has 0 bridgehead atoms. The van der Waals surface area contributed by atoms with Crippen LogP contribution >= 0.6 is 0 Å². The predicted molar refractivity (Wildman–Crippen MR) is 105 cm³/mol. The Hall–Kier alpha value is -2.69. The minimum absolute atomic E-state index is 0.154. The van der Waals surface area contributed by atoms with Crippen LogP contribution in [0.4, 0.5) is 11.6 Å². The molecule has 1 aromatic carbocycles. The Labute approximate surface area is 155 Å². The van der Waals surface area contributed by atoms with Crippen molar-refractivity contribution < 1.29 is 4.79 Å². The van der Waals surface area contributed by atoms with Crippen LogP contribution in [0.1, 0.15) is 53.8 Å². The SMILES string of the molecule is Cc1ccc(Nc2nc(C)cc(C(=O)NCCC3=CCCCC3)n2)cc1. The lowest BCUT2D eigenvalue weighted by atomic mass is 9.97. The van der Waals surface area contributed by atoms with Crippen LogP contribution in [-0.2, 0) is 0 Å². The van der Waals surface area contributed by atoms with Crippen LogP contribution in [0.25, 0.3) is 0 Å². The molecule has 136 valence electrons. The minimum atomic E-state index is -0.154. The van der Waals surface area contributed by atoms with Gasteiger partial charge in [0.2, 0.25) is 5.95 Å². The van der Waals surface area contributed by atoms with Crippen molar-refractivity contribution in [2.24, 2.45) is 0 Å². The summed E-state index contributed by atoms with van der Waals surface area (Å²) in [6, 6.07) is 9.70. The molecule has 0 saturated carbocycles. The molecule has 26 heavy (non-hydrogen) atoms. The van der Waals surface area contributed by atoms with E-state index in [4.69, 9.17) is 0 Å². The first kappa shape index (κ1) is 18.1. The van der Waals surface area contributed by atoms with Crippen molar-refractivity contribution in [3.05, 3.63) is 58.9 Å². The lowest BCUT2D eigenvalue weighted by Crippen LogP contribution is -2.26. The van der Waals surface area contributed by atoms with E-state index in [0.717, 1.165) is 24.2 Å². The number of allylic oxidation sites excluding steroid dienone is 1. The molecule has 0 saturated heterocycles. The third-order valence-corrected chi connectivity index (χ3v) is 4.51. The number of carbonyl (C=O) groups excluding carboxylic acids is 1. The average molecular weight is 350 g/mol. The molecule has 1 heterocycles. The van der Waals surface area contributed by atoms with Crippen molar-refractivity contribution in [1.82, 2.24) is 15.3 Å². The minimum Gasteiger partial charge on any atom is -0.350 e. The average Bonchev–Trinajstić information content (AvgIpc) is 2.64. The zero-order chi connectivity index (χ0) is 18.4. The van der Waals surface area contributed by atoms with Crippen LogP contribution in [0.5, 0.6) is 0 Å². The second-order valence-electron chi connectivity index (χ2n) is 6.82. The maximum absolute atomic E-state index is 12.4. The van der Waals surface area contributed by atoms with E-state index in [-0.39, 0.29) is 5.91 Å². The van der Waals surface area contributed by atoms with Crippen molar-refractivity contribution in [1.29, 1.82) is 0 Å². The van der Waals surface area contributed by atoms with Crippen molar-refractivity contribution >= 4 is 17.5 Å². The Balaban J connectivity index is 1.61. The summed E-state index contributed by atoms with van der Waals surface area (Å²) in [5, 5.41) is 6.14. The Morgan fingerprint density at radius 2 is 1.92 bits per heavy atom. The van der Waals surface area contributed by atoms with Gasteiger partial charge in [-0.05, 0) is 64.2 Å². The van der Waals surface area contributed by atoms with Gasteiger partial charge in [0, 0.05) is 17.9 Å². The smallest absolute Gasteiger partial charge is 0.270 e. The van der Waals surface area contributed by atoms with Crippen molar-refractivity contribution in [2.75, 3.05) is 11.9 Å². The Bertz CT molecular complexity index is 796. The number of aromatic nitrogens is 2. The molecule has 0 radical (unpaired) electrons. The van der Waals surface area contributed by atoms with Crippen molar-refractivity contribution in [3.63, 3.8) is 0 Å². The van der Waals surface area contributed by atoms with E-state index in [9.17, 15) is 4.79 Å². The first-order valence-corrected chi connectivity index (χ1v) is 9.25. The number of nitrogens with one attached hydrogen (secondary N) is 2. The summed E-state index contributed by atoms with van der Waals surface area (Å²) in [4.78, 5) is 21.2. The highest BCUT2D eigenvalue weighted by molar-refractivity contribution is 5.92. The maximum atomic E-state index is 12.4. The van der Waals surface area contributed by atoms with Crippen molar-refractivity contribution in [2.45, 2.75) is 46.0 Å². The summed E-state index contributed by atoms with van der Waals surface area (Å²) in [5.74, 6) is 0.285. The molecule has 2 aromatic rings. The fourth-order valence-corrected chi connectivity index (χ4v) is 3.07. The van der Waals surface area contributed by atoms with Gasteiger partial charge in [0.05, 0.1) is 0 Å². The highest BCUT2D eigenvalue weighted by Gasteiger charge is 2.11. The molecule has 0 unspecified atom stereocenters. The largest absolute Gasteiger partial charge is 0.350 e. The third-order valence-electron chi connectivity index (χ3n) is 4.51. The second kappa shape index (κ2) is 8.61. The molecule has 5 nitrogen and oxygen atoms in total. The molecular weight excluding hydrogens is 324 g/mol. The molecule has 1 aliphatic rings. The second-order valence-corrected chi connectivity index (χ2v) is 6.82. The van der Waals surface area contributed by atoms with E-state index >= 15 is 0 Å². The third kappa shape index (κ3) is 5.15. The van der Waals surface area contributed by atoms with Crippen LogP contribution in [0.2, 0.25) is 0 Å². The van der Waals surface area contributed by atoms with E-state index in [1.165, 1.54) is 30.4 Å². The van der Waals surface area contributed by atoms with Crippen LogP contribution in [0, 0.1) is 13.8 Å². The standard InChI is InChI=1S/C21H26N4O/c1-15-8-10-18(11-9-15)24-21-23-16(2)14-19(25-21)20(26)22-13-12-17-6-4-3-5-7-17/h6,8-11,14H,3-5,7,12-13H2,1-2H3,(H,22,26)(H,23,24,25). The van der Waals surface area contributed by atoms with Gasteiger partial charge in [-0.3, -0.25) is 4.79 Å². The van der Waals surface area contributed by atoms with Gasteiger partial charge in [-0.25, -0.2) is 9.97 Å². The summed E-state index contributed by atoms with van der Waals surface area (Å²) >= 11 is 0. The number of aryl methyl sites for hydroxylation is 2. The number of carbonyl (C=O) groups is 1. The fraction of sp³-hybridized carbons (Fsp3) is 0.381. The molecular formula is C21H26N4O. The van der Waals surface area contributed by atoms with Crippen LogP contribution in [0.15, 0.2) is 42.0 Å². The quantitative estimate of drug-likeness (QED) is 0.755. The summed E-state index contributed by atoms with van der Waals surface area (Å²) in [5.41, 5.74) is 4.70. The molecule has 0 aliphatic heterocycles. The first-order chi connectivity index (χ1) is 12.6. The number of benzene rings is 1. The van der Waals surface area contributed by atoms with Gasteiger partial charge < -0.3 is 10.6 Å². The molecule has 2 N–H and O–H groups in total. The number of amides is 1. The Morgan fingerprint density at radius 3 is 2.65 bits per heavy atom. The fourth-order valence-electron chi connectivity index (χ4n) is 3.07. The molecule has 0 fully saturated rings. The molecule has 1 aromatic heterocycles. The van der Waals surface area contributed by atoms with Crippen LogP contribution in [0.3, 0.4) is 0 Å². The zero-order valence-electron chi connectivity index (χ0n) is 15.5. The summed E-state index contributed by atoms with van der Waals surface area (Å²) in [7, 11) is 0. The summed E-state index contributed by atoms with van der Waals surface area (Å²) < 4.78 is 0. The van der Waals surface area contributed by atoms with Gasteiger partial charge in [-0.1, -0.05) is 29.3 Å². The van der Waals surface area contributed by atoms with E-state index in [0.29, 0.717) is 18.2 Å². The summed E-state index contributed by atoms with van der Waals surface area (Å²) in [6.07, 6.45) is 8.11. The van der Waals surface area contributed by atoms with Gasteiger partial charge >= 0.3 is 0 Å². The topological polar surface area (TPSA) is 66.9 Å². The summed E-state index contributed by atoms with van der Waals surface area (Å²) in [6.45, 7) is 4.55. The van der Waals surface area contributed by atoms with E-state index in [1.54, 1.807) is 6.07 Å².